The van der Waals surface area contributed by atoms with Gasteiger partial charge in [0.1, 0.15) is 17.5 Å². The zero-order chi connectivity index (χ0) is 30.4. The molecule has 4 N–H and O–H groups in total. The molecule has 6 nitrogen and oxygen atoms in total. The van der Waals surface area contributed by atoms with Gasteiger partial charge in [-0.05, 0) is 60.2 Å². The predicted octanol–water partition coefficient (Wildman–Crippen LogP) is 6.42. The van der Waals surface area contributed by atoms with Crippen LogP contribution in [0.5, 0.6) is 11.5 Å². The molecule has 0 saturated carbocycles. The number of hydrogen-bond acceptors (Lipinski definition) is 7. The zero-order valence-electron chi connectivity index (χ0n) is 22.5. The summed E-state index contributed by atoms with van der Waals surface area (Å²) in [5.74, 6) is -17.7. The summed E-state index contributed by atoms with van der Waals surface area (Å²) in [5.41, 5.74) is 12.2. The highest BCUT2D eigenvalue weighted by atomic mass is 32.1. The molecule has 0 amide bonds. The summed E-state index contributed by atoms with van der Waals surface area (Å²) in [6.07, 6.45) is 4.21. The topological polar surface area (TPSA) is 96.8 Å². The molecular formula is C28H32F6N2O4S. The van der Waals surface area contributed by atoms with Crippen LogP contribution in [0.15, 0.2) is 42.5 Å². The zero-order valence-corrected chi connectivity index (χ0v) is 23.3. The molecule has 0 aliphatic rings. The third-order valence-corrected chi connectivity index (χ3v) is 7.51. The first-order chi connectivity index (χ1) is 19.3. The summed E-state index contributed by atoms with van der Waals surface area (Å²) < 4.78 is 100. The van der Waals surface area contributed by atoms with Crippen molar-refractivity contribution in [3.8, 4) is 21.9 Å². The van der Waals surface area contributed by atoms with Crippen molar-refractivity contribution in [1.82, 2.24) is 0 Å². The molecule has 0 aliphatic carbocycles. The van der Waals surface area contributed by atoms with Gasteiger partial charge in [-0.25, -0.2) is 0 Å². The number of carbonyl (C=O) groups excluding carboxylic acids is 1. The number of rotatable bonds is 15. The predicted molar refractivity (Wildman–Crippen MR) is 145 cm³/mol. The lowest BCUT2D eigenvalue weighted by atomic mass is 10.0. The molecule has 2 aromatic carbocycles. The number of thiophene rings is 1. The number of hydrogen-bond donors (Lipinski definition) is 2. The lowest BCUT2D eigenvalue weighted by Gasteiger charge is -2.32. The van der Waals surface area contributed by atoms with Gasteiger partial charge in [-0.1, -0.05) is 25.8 Å². The number of ether oxygens (including phenoxy) is 3. The highest BCUT2D eigenvalue weighted by Crippen LogP contribution is 2.46. The van der Waals surface area contributed by atoms with Gasteiger partial charge in [0.25, 0.3) is 0 Å². The number of halogens is 6. The van der Waals surface area contributed by atoms with Crippen molar-refractivity contribution in [3.05, 3.63) is 48.0 Å². The van der Waals surface area contributed by atoms with E-state index in [0.29, 0.717) is 10.4 Å². The van der Waals surface area contributed by atoms with E-state index >= 15 is 0 Å². The molecule has 1 atom stereocenters. The summed E-state index contributed by atoms with van der Waals surface area (Å²) in [6, 6.07) is 10.4. The van der Waals surface area contributed by atoms with Crippen LogP contribution in [-0.2, 0) is 16.0 Å². The fraction of sp³-hybridized carbons (Fsp3) is 0.464. The van der Waals surface area contributed by atoms with Gasteiger partial charge in [0.15, 0.2) is 13.2 Å². The fourth-order valence-corrected chi connectivity index (χ4v) is 5.02. The van der Waals surface area contributed by atoms with Crippen molar-refractivity contribution in [2.45, 2.75) is 56.4 Å². The minimum Gasteiger partial charge on any atom is -0.496 e. The van der Waals surface area contributed by atoms with Gasteiger partial charge < -0.3 is 25.7 Å². The molecule has 1 aromatic heterocycles. The number of unbranched alkanes of at least 4 members (excludes halogenated alkanes) is 2. The maximum absolute atomic E-state index is 14.3. The summed E-state index contributed by atoms with van der Waals surface area (Å²) in [5, 5.41) is 0.729. The van der Waals surface area contributed by atoms with Crippen molar-refractivity contribution in [2.75, 3.05) is 26.9 Å². The Bertz CT molecular complexity index is 1330. The Morgan fingerprint density at radius 2 is 1.68 bits per heavy atom. The smallest absolute Gasteiger partial charge is 0.378 e. The SMILES string of the molecule is CCCCCc1ccc(-c2cc3ccc(OCC(F)(F)C(F)(F)C(F)(F)COC(=O)C(N)CN)cc3s2)c(OC)c1. The standard InChI is InChI=1S/C28H32F6N2O4S/c1-3-4-5-6-17-7-10-20(22(11-17)38-2)24-12-18-8-9-19(13-23(18)41-24)39-15-26(29,30)28(33,34)27(31,32)16-40-25(37)21(36)14-35/h7-13,21H,3-6,14-16,35-36H2,1-2H3. The summed E-state index contributed by atoms with van der Waals surface area (Å²) >= 11 is 1.29. The molecular weight excluding hydrogens is 574 g/mol. The van der Waals surface area contributed by atoms with E-state index in [1.807, 2.05) is 24.3 Å². The van der Waals surface area contributed by atoms with Crippen LogP contribution in [0.2, 0.25) is 0 Å². The second kappa shape index (κ2) is 13.3. The van der Waals surface area contributed by atoms with Gasteiger partial charge in [-0.3, -0.25) is 4.79 Å². The number of methoxy groups -OCH3 is 1. The largest absolute Gasteiger partial charge is 0.496 e. The Hall–Kier alpha value is -3.03. The molecule has 3 aromatic rings. The van der Waals surface area contributed by atoms with Gasteiger partial charge in [-0.15, -0.1) is 11.3 Å². The van der Waals surface area contributed by atoms with Crippen LogP contribution in [0.3, 0.4) is 0 Å². The number of fused-ring (bicyclic) bond motifs is 1. The minimum absolute atomic E-state index is 0.219. The molecule has 0 aliphatic heterocycles. The van der Waals surface area contributed by atoms with Crippen molar-refractivity contribution >= 4 is 27.4 Å². The Labute approximate surface area is 237 Å². The van der Waals surface area contributed by atoms with Crippen LogP contribution in [0.1, 0.15) is 31.7 Å². The van der Waals surface area contributed by atoms with Crippen LogP contribution in [-0.4, -0.2) is 56.6 Å². The van der Waals surface area contributed by atoms with Crippen molar-refractivity contribution in [2.24, 2.45) is 11.5 Å². The highest BCUT2D eigenvalue weighted by Gasteiger charge is 2.72. The number of esters is 1. The Morgan fingerprint density at radius 3 is 2.34 bits per heavy atom. The van der Waals surface area contributed by atoms with E-state index in [1.165, 1.54) is 23.5 Å². The third kappa shape index (κ3) is 7.44. The number of alkyl halides is 6. The summed E-state index contributed by atoms with van der Waals surface area (Å²) in [4.78, 5) is 12.2. The molecule has 0 saturated heterocycles. The van der Waals surface area contributed by atoms with Crippen molar-refractivity contribution in [3.63, 3.8) is 0 Å². The van der Waals surface area contributed by atoms with Gasteiger partial charge >= 0.3 is 23.7 Å². The summed E-state index contributed by atoms with van der Waals surface area (Å²) in [7, 11) is 1.56. The van der Waals surface area contributed by atoms with Crippen LogP contribution in [0.25, 0.3) is 20.5 Å². The normalized spacial score (nSPS) is 13.3. The van der Waals surface area contributed by atoms with E-state index in [0.717, 1.165) is 47.1 Å². The Morgan fingerprint density at radius 1 is 0.976 bits per heavy atom. The van der Waals surface area contributed by atoms with Crippen LogP contribution in [0.4, 0.5) is 26.3 Å². The molecule has 1 heterocycles. The second-order valence-corrected chi connectivity index (χ2v) is 10.6. The lowest BCUT2D eigenvalue weighted by Crippen LogP contribution is -2.59. The molecule has 1 unspecified atom stereocenters. The maximum Gasteiger partial charge on any atom is 0.378 e. The molecule has 13 heteroatoms. The van der Waals surface area contributed by atoms with E-state index in [2.05, 4.69) is 11.7 Å². The van der Waals surface area contributed by atoms with Crippen LogP contribution < -0.4 is 20.9 Å². The van der Waals surface area contributed by atoms with Crippen molar-refractivity contribution < 1.29 is 45.3 Å². The lowest BCUT2D eigenvalue weighted by molar-refractivity contribution is -0.322. The van der Waals surface area contributed by atoms with E-state index in [9.17, 15) is 31.1 Å². The molecule has 226 valence electrons. The molecule has 0 radical (unpaired) electrons. The third-order valence-electron chi connectivity index (χ3n) is 6.38. The first kappa shape index (κ1) is 32.5. The van der Waals surface area contributed by atoms with Crippen molar-refractivity contribution in [1.29, 1.82) is 0 Å². The van der Waals surface area contributed by atoms with Gasteiger partial charge in [0.05, 0.1) is 7.11 Å². The molecule has 3 rings (SSSR count). The summed E-state index contributed by atoms with van der Waals surface area (Å²) in [6.45, 7) is -2.75. The quantitative estimate of drug-likeness (QED) is 0.118. The highest BCUT2D eigenvalue weighted by molar-refractivity contribution is 7.22. The Kier molecular flexibility index (Phi) is 10.5. The number of carbonyl (C=O) groups is 1. The number of benzene rings is 2. The van der Waals surface area contributed by atoms with Crippen LogP contribution in [0, 0.1) is 0 Å². The molecule has 0 fully saturated rings. The first-order valence-corrected chi connectivity index (χ1v) is 13.7. The van der Waals surface area contributed by atoms with E-state index in [-0.39, 0.29) is 5.75 Å². The van der Waals surface area contributed by atoms with E-state index in [1.54, 1.807) is 13.2 Å². The number of nitrogens with two attached hydrogens (primary N) is 2. The monoisotopic (exact) mass is 606 g/mol. The molecule has 0 bridgehead atoms. The van der Waals surface area contributed by atoms with Crippen LogP contribution >= 0.6 is 11.3 Å². The fourth-order valence-electron chi connectivity index (χ4n) is 3.90. The average molecular weight is 607 g/mol. The van der Waals surface area contributed by atoms with Gasteiger partial charge in [0, 0.05) is 21.7 Å². The van der Waals surface area contributed by atoms with E-state index in [4.69, 9.17) is 20.9 Å². The first-order valence-electron chi connectivity index (χ1n) is 12.9. The maximum atomic E-state index is 14.3. The Balaban J connectivity index is 1.73. The average Bonchev–Trinajstić information content (AvgIpc) is 3.37. The van der Waals surface area contributed by atoms with Gasteiger partial charge in [-0.2, -0.15) is 26.3 Å². The van der Waals surface area contributed by atoms with Gasteiger partial charge in [0.2, 0.25) is 0 Å². The number of aryl methyl sites for hydroxylation is 1. The molecule has 0 spiro atoms. The molecule has 41 heavy (non-hydrogen) atoms. The van der Waals surface area contributed by atoms with E-state index < -0.39 is 49.5 Å². The second-order valence-electron chi connectivity index (χ2n) is 9.52. The minimum atomic E-state index is -5.91.